The number of aryl methyl sites for hydroxylation is 1. The van der Waals surface area contributed by atoms with Crippen molar-refractivity contribution in [1.82, 2.24) is 9.55 Å². The molecule has 0 radical (unpaired) electrons. The Balaban J connectivity index is 1.60. The first-order chi connectivity index (χ1) is 15.1. The van der Waals surface area contributed by atoms with Gasteiger partial charge >= 0.3 is 0 Å². The molecule has 1 amide bonds. The van der Waals surface area contributed by atoms with Gasteiger partial charge in [0, 0.05) is 19.2 Å². The molecule has 2 heterocycles. The van der Waals surface area contributed by atoms with Crippen LogP contribution in [0.2, 0.25) is 0 Å². The Morgan fingerprint density at radius 3 is 2.74 bits per heavy atom. The Kier molecular flexibility index (Phi) is 6.20. The molecule has 160 valence electrons. The summed E-state index contributed by atoms with van der Waals surface area (Å²) in [5, 5.41) is 0.795. The van der Waals surface area contributed by atoms with Gasteiger partial charge in [-0.15, -0.1) is 11.3 Å². The van der Waals surface area contributed by atoms with Crippen molar-refractivity contribution in [3.63, 3.8) is 0 Å². The smallest absolute Gasteiger partial charge is 0.262 e. The van der Waals surface area contributed by atoms with Crippen LogP contribution < -0.4 is 15.2 Å². The average molecular weight is 438 g/mol. The lowest BCUT2D eigenvalue weighted by molar-refractivity contribution is 0.1000. The molecule has 2 aromatic carbocycles. The normalized spacial score (nSPS) is 11.0. The zero-order valence-corrected chi connectivity index (χ0v) is 18.1. The summed E-state index contributed by atoms with van der Waals surface area (Å²) in [7, 11) is 1.63. The third-order valence-electron chi connectivity index (χ3n) is 4.87. The number of methoxy groups -OCH3 is 1. The molecule has 0 aliphatic rings. The van der Waals surface area contributed by atoms with E-state index in [4.69, 9.17) is 19.9 Å². The summed E-state index contributed by atoms with van der Waals surface area (Å²) in [5.41, 5.74) is 9.47. The highest BCUT2D eigenvalue weighted by Crippen LogP contribution is 2.34. The van der Waals surface area contributed by atoms with E-state index in [1.165, 1.54) is 11.3 Å². The molecule has 4 rings (SSSR count). The molecule has 2 aromatic heterocycles. The number of imidazole rings is 1. The number of amides is 1. The van der Waals surface area contributed by atoms with Crippen LogP contribution in [0.4, 0.5) is 0 Å². The van der Waals surface area contributed by atoms with E-state index >= 15 is 0 Å². The highest BCUT2D eigenvalue weighted by Gasteiger charge is 2.18. The van der Waals surface area contributed by atoms with Gasteiger partial charge in [-0.3, -0.25) is 9.36 Å². The molecule has 4 aromatic rings. The fourth-order valence-corrected chi connectivity index (χ4v) is 4.13. The van der Waals surface area contributed by atoms with Gasteiger partial charge in [0.25, 0.3) is 5.91 Å². The van der Waals surface area contributed by atoms with Crippen molar-refractivity contribution < 1.29 is 19.0 Å². The van der Waals surface area contributed by atoms with Crippen LogP contribution in [-0.4, -0.2) is 35.8 Å². The molecule has 0 bridgehead atoms. The van der Waals surface area contributed by atoms with Crippen molar-refractivity contribution in [2.24, 2.45) is 5.73 Å². The van der Waals surface area contributed by atoms with Crippen molar-refractivity contribution >= 4 is 28.3 Å². The molecule has 0 saturated heterocycles. The SMILES string of the molecule is COCCOc1ccc2c(c1)ncn2-c1cc(OCc2ccccc2C)c(C(N)=O)s1. The van der Waals surface area contributed by atoms with Crippen LogP contribution in [0.5, 0.6) is 11.5 Å². The number of hydrogen-bond donors (Lipinski definition) is 1. The van der Waals surface area contributed by atoms with Crippen molar-refractivity contribution in [1.29, 1.82) is 0 Å². The van der Waals surface area contributed by atoms with Crippen molar-refractivity contribution in [3.8, 4) is 16.5 Å². The molecule has 0 atom stereocenters. The molecule has 31 heavy (non-hydrogen) atoms. The van der Waals surface area contributed by atoms with Gasteiger partial charge in [-0.25, -0.2) is 4.98 Å². The van der Waals surface area contributed by atoms with E-state index in [1.54, 1.807) is 13.4 Å². The summed E-state index contributed by atoms with van der Waals surface area (Å²) in [5.74, 6) is 0.674. The molecule has 0 saturated carbocycles. The summed E-state index contributed by atoms with van der Waals surface area (Å²) < 4.78 is 18.5. The van der Waals surface area contributed by atoms with Gasteiger partial charge in [0.2, 0.25) is 0 Å². The maximum atomic E-state index is 12.0. The molecule has 7 nitrogen and oxygen atoms in total. The van der Waals surface area contributed by atoms with Gasteiger partial charge < -0.3 is 19.9 Å². The lowest BCUT2D eigenvalue weighted by Gasteiger charge is -2.08. The van der Waals surface area contributed by atoms with Crippen LogP contribution in [-0.2, 0) is 11.3 Å². The van der Waals surface area contributed by atoms with Gasteiger partial charge in [0.15, 0.2) is 0 Å². The molecule has 0 aliphatic carbocycles. The van der Waals surface area contributed by atoms with E-state index in [0.717, 1.165) is 32.9 Å². The molecular formula is C23H23N3O4S. The molecule has 0 unspecified atom stereocenters. The first kappa shape index (κ1) is 20.9. The van der Waals surface area contributed by atoms with Crippen LogP contribution in [0.1, 0.15) is 20.8 Å². The van der Waals surface area contributed by atoms with E-state index in [2.05, 4.69) is 4.98 Å². The van der Waals surface area contributed by atoms with E-state index < -0.39 is 5.91 Å². The number of hydrogen-bond acceptors (Lipinski definition) is 6. The predicted octanol–water partition coefficient (Wildman–Crippen LogP) is 4.10. The number of ether oxygens (including phenoxy) is 3. The highest BCUT2D eigenvalue weighted by atomic mass is 32.1. The number of benzene rings is 2. The Labute approximate surface area is 184 Å². The molecule has 0 aliphatic heterocycles. The number of nitrogens with two attached hydrogens (primary N) is 1. The van der Waals surface area contributed by atoms with E-state index in [1.807, 2.05) is 60.0 Å². The maximum absolute atomic E-state index is 12.0. The van der Waals surface area contributed by atoms with Gasteiger partial charge in [-0.1, -0.05) is 24.3 Å². The fourth-order valence-electron chi connectivity index (χ4n) is 3.19. The van der Waals surface area contributed by atoms with Crippen molar-refractivity contribution in [3.05, 3.63) is 70.9 Å². The van der Waals surface area contributed by atoms with Crippen LogP contribution in [0.25, 0.3) is 16.0 Å². The van der Waals surface area contributed by atoms with E-state index in [-0.39, 0.29) is 0 Å². The summed E-state index contributed by atoms with van der Waals surface area (Å²) in [6, 6.07) is 15.5. The number of thiophene rings is 1. The first-order valence-electron chi connectivity index (χ1n) is 9.77. The molecule has 0 spiro atoms. The second-order valence-electron chi connectivity index (χ2n) is 6.96. The number of rotatable bonds is 9. The molecular weight excluding hydrogens is 414 g/mol. The Bertz CT molecular complexity index is 1210. The number of carbonyl (C=O) groups is 1. The Morgan fingerprint density at radius 2 is 1.97 bits per heavy atom. The Hall–Kier alpha value is -3.36. The van der Waals surface area contributed by atoms with Gasteiger partial charge in [0.05, 0.1) is 17.6 Å². The number of aromatic nitrogens is 2. The maximum Gasteiger partial charge on any atom is 0.262 e. The third kappa shape index (κ3) is 4.55. The quantitative estimate of drug-likeness (QED) is 0.398. The molecule has 8 heteroatoms. The fraction of sp³-hybridized carbons (Fsp3) is 0.217. The van der Waals surface area contributed by atoms with Gasteiger partial charge in [-0.2, -0.15) is 0 Å². The zero-order chi connectivity index (χ0) is 21.8. The minimum atomic E-state index is -0.519. The number of primary amides is 1. The monoisotopic (exact) mass is 437 g/mol. The summed E-state index contributed by atoms with van der Waals surface area (Å²) >= 11 is 1.28. The average Bonchev–Trinajstić information content (AvgIpc) is 3.37. The van der Waals surface area contributed by atoms with Crippen LogP contribution in [0.15, 0.2) is 54.9 Å². The van der Waals surface area contributed by atoms with Crippen LogP contribution in [0, 0.1) is 6.92 Å². The molecule has 2 N–H and O–H groups in total. The number of fused-ring (bicyclic) bond motifs is 1. The lowest BCUT2D eigenvalue weighted by atomic mass is 10.1. The third-order valence-corrected chi connectivity index (χ3v) is 6.00. The second kappa shape index (κ2) is 9.20. The first-order valence-corrected chi connectivity index (χ1v) is 10.6. The van der Waals surface area contributed by atoms with Crippen LogP contribution >= 0.6 is 11.3 Å². The van der Waals surface area contributed by atoms with E-state index in [0.29, 0.717) is 30.4 Å². The minimum absolute atomic E-state index is 0.357. The van der Waals surface area contributed by atoms with Crippen molar-refractivity contribution in [2.75, 3.05) is 20.3 Å². The zero-order valence-electron chi connectivity index (χ0n) is 17.3. The number of carbonyl (C=O) groups excluding carboxylic acids is 1. The number of nitrogens with zero attached hydrogens (tertiary/aromatic N) is 2. The second-order valence-corrected chi connectivity index (χ2v) is 7.99. The van der Waals surface area contributed by atoms with Gasteiger partial charge in [-0.05, 0) is 30.2 Å². The summed E-state index contributed by atoms with van der Waals surface area (Å²) in [6.45, 7) is 3.37. The Morgan fingerprint density at radius 1 is 1.13 bits per heavy atom. The predicted molar refractivity (Wildman–Crippen MR) is 120 cm³/mol. The standard InChI is InChI=1S/C23H23N3O4S/c1-15-5-3-4-6-16(15)13-30-20-12-21(31-22(20)23(24)27)26-14-25-18-11-17(7-8-19(18)26)29-10-9-28-2/h3-8,11-12,14H,9-10,13H2,1-2H3,(H2,24,27). The van der Waals surface area contributed by atoms with Crippen molar-refractivity contribution in [2.45, 2.75) is 13.5 Å². The summed E-state index contributed by atoms with van der Waals surface area (Å²) in [4.78, 5) is 16.9. The molecule has 0 fully saturated rings. The summed E-state index contributed by atoms with van der Waals surface area (Å²) in [6.07, 6.45) is 1.71. The highest BCUT2D eigenvalue weighted by molar-refractivity contribution is 7.16. The van der Waals surface area contributed by atoms with E-state index in [9.17, 15) is 4.79 Å². The van der Waals surface area contributed by atoms with Crippen LogP contribution in [0.3, 0.4) is 0 Å². The minimum Gasteiger partial charge on any atom is -0.491 e. The topological polar surface area (TPSA) is 88.6 Å². The lowest BCUT2D eigenvalue weighted by Crippen LogP contribution is -2.10. The van der Waals surface area contributed by atoms with Gasteiger partial charge in [0.1, 0.15) is 40.9 Å². The largest absolute Gasteiger partial charge is 0.491 e.